The first kappa shape index (κ1) is 20.3. The van der Waals surface area contributed by atoms with Gasteiger partial charge in [0.2, 0.25) is 10.8 Å². The van der Waals surface area contributed by atoms with Crippen molar-refractivity contribution >= 4 is 11.9 Å². The largest absolute Gasteiger partial charge is 0.497 e. The van der Waals surface area contributed by atoms with Gasteiger partial charge >= 0.3 is 11.9 Å². The van der Waals surface area contributed by atoms with Crippen LogP contribution in [0, 0.1) is 22.7 Å². The zero-order valence-electron chi connectivity index (χ0n) is 15.0. The fourth-order valence-electron chi connectivity index (χ4n) is 3.08. The van der Waals surface area contributed by atoms with Crippen molar-refractivity contribution in [2.75, 3.05) is 14.2 Å². The van der Waals surface area contributed by atoms with Crippen LogP contribution in [0.1, 0.15) is 11.1 Å². The summed E-state index contributed by atoms with van der Waals surface area (Å²) in [6.07, 6.45) is 0. The number of carbonyl (C=O) groups is 2. The topological polar surface area (TPSA) is 141 Å². The molecule has 2 atom stereocenters. The monoisotopic (exact) mass is 380 g/mol. The van der Waals surface area contributed by atoms with E-state index in [0.717, 1.165) is 0 Å². The second-order valence-corrected chi connectivity index (χ2v) is 5.79. The molecule has 142 valence electrons. The average Bonchev–Trinajstić information content (AvgIpc) is 2.72. The van der Waals surface area contributed by atoms with E-state index in [1.54, 1.807) is 12.1 Å². The third-order valence-corrected chi connectivity index (χ3v) is 4.59. The summed E-state index contributed by atoms with van der Waals surface area (Å²) in [5.74, 6) is -2.77. The van der Waals surface area contributed by atoms with E-state index in [-0.39, 0.29) is 11.1 Å². The van der Waals surface area contributed by atoms with Crippen LogP contribution in [0.2, 0.25) is 0 Å². The molecule has 0 fully saturated rings. The van der Waals surface area contributed by atoms with Gasteiger partial charge in [0.05, 0.1) is 26.4 Å². The Morgan fingerprint density at radius 1 is 0.750 bits per heavy atom. The van der Waals surface area contributed by atoms with Gasteiger partial charge in [0.1, 0.15) is 11.5 Å². The average molecular weight is 380 g/mol. The number of nitrogens with zero attached hydrogens (tertiary/aromatic N) is 2. The minimum absolute atomic E-state index is 0.164. The number of methoxy groups -OCH3 is 2. The number of carboxylic acid groups (broad SMARTS) is 2. The molecule has 0 bridgehead atoms. The van der Waals surface area contributed by atoms with Crippen molar-refractivity contribution in [2.45, 2.75) is 10.8 Å². The lowest BCUT2D eigenvalue weighted by molar-refractivity contribution is -0.153. The van der Waals surface area contributed by atoms with E-state index in [0.29, 0.717) is 11.5 Å². The third-order valence-electron chi connectivity index (χ3n) is 4.59. The molecule has 0 saturated carbocycles. The SMILES string of the molecule is COc1ccc(C(C#N)(C(=O)O)C(C#N)(C(=O)O)c2ccc(OC)cc2)cc1. The molecule has 2 unspecified atom stereocenters. The second-order valence-electron chi connectivity index (χ2n) is 5.79. The molecule has 0 radical (unpaired) electrons. The standard InChI is InChI=1S/C20H16N2O6/c1-27-15-7-3-13(4-8-15)19(11-21,17(23)24)20(12-22,18(25)26)14-5-9-16(28-2)10-6-14/h3-10H,1-2H3,(H,23,24)(H,25,26). The molecular formula is C20H16N2O6. The molecule has 0 aromatic heterocycles. The number of aliphatic carboxylic acids is 2. The van der Waals surface area contributed by atoms with Gasteiger partial charge in [-0.1, -0.05) is 24.3 Å². The number of ether oxygens (including phenoxy) is 2. The summed E-state index contributed by atoms with van der Waals surface area (Å²) in [5, 5.41) is 39.8. The molecule has 0 aliphatic heterocycles. The second kappa shape index (κ2) is 7.68. The number of rotatable bonds is 7. The Bertz CT molecular complexity index is 890. The highest BCUT2D eigenvalue weighted by Crippen LogP contribution is 2.45. The third kappa shape index (κ3) is 2.78. The van der Waals surface area contributed by atoms with Crippen LogP contribution in [0.4, 0.5) is 0 Å². The van der Waals surface area contributed by atoms with Crippen LogP contribution < -0.4 is 9.47 Å². The molecule has 0 spiro atoms. The van der Waals surface area contributed by atoms with Crippen LogP contribution in [-0.4, -0.2) is 36.4 Å². The molecule has 8 heteroatoms. The van der Waals surface area contributed by atoms with Gasteiger partial charge in [0.15, 0.2) is 0 Å². The van der Waals surface area contributed by atoms with E-state index in [1.165, 1.54) is 62.8 Å². The predicted molar refractivity (Wildman–Crippen MR) is 95.8 cm³/mol. The van der Waals surface area contributed by atoms with Crippen molar-refractivity contribution in [3.63, 3.8) is 0 Å². The van der Waals surface area contributed by atoms with Gasteiger partial charge in [0.25, 0.3) is 0 Å². The maximum absolute atomic E-state index is 12.3. The van der Waals surface area contributed by atoms with E-state index in [4.69, 9.17) is 9.47 Å². The lowest BCUT2D eigenvalue weighted by Gasteiger charge is -2.36. The first-order valence-electron chi connectivity index (χ1n) is 7.92. The highest BCUT2D eigenvalue weighted by atomic mass is 16.5. The van der Waals surface area contributed by atoms with Gasteiger partial charge in [-0.3, -0.25) is 9.59 Å². The van der Waals surface area contributed by atoms with Crippen LogP contribution in [0.3, 0.4) is 0 Å². The van der Waals surface area contributed by atoms with Crippen LogP contribution in [-0.2, 0) is 20.4 Å². The van der Waals surface area contributed by atoms with Gasteiger partial charge in [0, 0.05) is 0 Å². The van der Waals surface area contributed by atoms with Gasteiger partial charge < -0.3 is 19.7 Å². The fraction of sp³-hybridized carbons (Fsp3) is 0.200. The maximum Gasteiger partial charge on any atom is 0.331 e. The summed E-state index contributed by atoms with van der Waals surface area (Å²) in [5.41, 5.74) is -5.78. The van der Waals surface area contributed by atoms with E-state index in [2.05, 4.69) is 0 Å². The molecule has 0 aliphatic carbocycles. The molecule has 28 heavy (non-hydrogen) atoms. The van der Waals surface area contributed by atoms with Gasteiger partial charge in [-0.25, -0.2) is 0 Å². The Morgan fingerprint density at radius 3 is 1.21 bits per heavy atom. The highest BCUT2D eigenvalue weighted by molar-refractivity contribution is 6.00. The summed E-state index contributed by atoms with van der Waals surface area (Å²) < 4.78 is 10.0. The van der Waals surface area contributed by atoms with Gasteiger partial charge in [-0.2, -0.15) is 10.5 Å². The molecule has 8 nitrogen and oxygen atoms in total. The lowest BCUT2D eigenvalue weighted by atomic mass is 9.58. The Morgan fingerprint density at radius 2 is 1.04 bits per heavy atom. The molecule has 0 saturated heterocycles. The van der Waals surface area contributed by atoms with E-state index >= 15 is 0 Å². The molecule has 2 aromatic rings. The summed E-state index contributed by atoms with van der Waals surface area (Å²) >= 11 is 0. The summed E-state index contributed by atoms with van der Waals surface area (Å²) in [6.45, 7) is 0. The summed E-state index contributed by atoms with van der Waals surface area (Å²) in [6, 6.07) is 13.8. The normalized spacial score (nSPS) is 14.4. The van der Waals surface area contributed by atoms with Crippen molar-refractivity contribution in [3.8, 4) is 23.6 Å². The highest BCUT2D eigenvalue weighted by Gasteiger charge is 2.66. The minimum Gasteiger partial charge on any atom is -0.497 e. The first-order valence-corrected chi connectivity index (χ1v) is 7.92. The molecule has 0 heterocycles. The number of hydrogen-bond acceptors (Lipinski definition) is 6. The minimum atomic E-state index is -2.73. The van der Waals surface area contributed by atoms with Crippen LogP contribution in [0.25, 0.3) is 0 Å². The van der Waals surface area contributed by atoms with Gasteiger partial charge in [-0.15, -0.1) is 0 Å². The van der Waals surface area contributed by atoms with Crippen LogP contribution in [0.5, 0.6) is 11.5 Å². The number of benzene rings is 2. The van der Waals surface area contributed by atoms with Crippen molar-refractivity contribution in [2.24, 2.45) is 0 Å². The molecule has 2 rings (SSSR count). The smallest absolute Gasteiger partial charge is 0.331 e. The quantitative estimate of drug-likeness (QED) is 0.744. The molecule has 2 N–H and O–H groups in total. The fourth-order valence-corrected chi connectivity index (χ4v) is 3.08. The zero-order chi connectivity index (χ0) is 20.9. The van der Waals surface area contributed by atoms with Crippen molar-refractivity contribution < 1.29 is 29.3 Å². The Labute approximate surface area is 160 Å². The summed E-state index contributed by atoms with van der Waals surface area (Å²) in [7, 11) is 2.80. The Hall–Kier alpha value is -4.04. The van der Waals surface area contributed by atoms with Gasteiger partial charge in [-0.05, 0) is 35.4 Å². The van der Waals surface area contributed by atoms with Crippen LogP contribution in [0.15, 0.2) is 48.5 Å². The van der Waals surface area contributed by atoms with E-state index < -0.39 is 22.8 Å². The number of hydrogen-bond donors (Lipinski definition) is 2. The zero-order valence-corrected chi connectivity index (χ0v) is 15.0. The van der Waals surface area contributed by atoms with Crippen LogP contribution >= 0.6 is 0 Å². The number of carboxylic acids is 2. The first-order chi connectivity index (χ1) is 13.3. The lowest BCUT2D eigenvalue weighted by Crippen LogP contribution is -2.57. The van der Waals surface area contributed by atoms with E-state index in [9.17, 15) is 30.3 Å². The molecule has 2 aromatic carbocycles. The maximum atomic E-state index is 12.3. The molecule has 0 amide bonds. The van der Waals surface area contributed by atoms with Crippen molar-refractivity contribution in [1.29, 1.82) is 10.5 Å². The predicted octanol–water partition coefficient (Wildman–Crippen LogP) is 2.10. The molecular weight excluding hydrogens is 364 g/mol. The Kier molecular flexibility index (Phi) is 5.56. The summed E-state index contributed by atoms with van der Waals surface area (Å²) in [4.78, 5) is 24.6. The van der Waals surface area contributed by atoms with Crippen molar-refractivity contribution in [3.05, 3.63) is 59.7 Å². The van der Waals surface area contributed by atoms with Crippen molar-refractivity contribution in [1.82, 2.24) is 0 Å². The van der Waals surface area contributed by atoms with E-state index in [1.807, 2.05) is 0 Å². The Balaban J connectivity index is 2.91. The number of nitriles is 2. The molecule has 0 aliphatic rings.